The van der Waals surface area contributed by atoms with Crippen LogP contribution < -0.4 is 0 Å². The van der Waals surface area contributed by atoms with Crippen LogP contribution in [0.3, 0.4) is 0 Å². The number of fused-ring (bicyclic) bond motifs is 3. The molecule has 9 nitrogen and oxygen atoms in total. The van der Waals surface area contributed by atoms with E-state index in [1.807, 2.05) is 18.2 Å². The first kappa shape index (κ1) is 25.7. The molecular formula is C27H35ClN6O3. The van der Waals surface area contributed by atoms with Gasteiger partial charge in [-0.2, -0.15) is 5.10 Å². The monoisotopic (exact) mass is 526 g/mol. The van der Waals surface area contributed by atoms with Crippen LogP contribution in [-0.4, -0.2) is 41.4 Å². The largest absolute Gasteiger partial charge is 0.528 e. The van der Waals surface area contributed by atoms with Gasteiger partial charge in [0.25, 0.3) is 0 Å². The number of hydrogen-bond donors (Lipinski definition) is 0. The summed E-state index contributed by atoms with van der Waals surface area (Å²) in [6, 6.07) is 6.18. The molecule has 1 aliphatic heterocycles. The third kappa shape index (κ3) is 5.25. The number of aromatic nitrogens is 5. The molecule has 0 spiro atoms. The Morgan fingerprint density at radius 3 is 2.43 bits per heavy atom. The molecule has 0 atom stereocenters. The van der Waals surface area contributed by atoms with E-state index >= 15 is 0 Å². The molecule has 3 heterocycles. The molecule has 37 heavy (non-hydrogen) atoms. The smallest absolute Gasteiger partial charge is 0.427 e. The van der Waals surface area contributed by atoms with E-state index in [9.17, 15) is 4.79 Å². The quantitative estimate of drug-likeness (QED) is 0.380. The molecule has 0 bridgehead atoms. The van der Waals surface area contributed by atoms with Gasteiger partial charge in [-0.05, 0) is 96.6 Å². The van der Waals surface area contributed by atoms with Crippen molar-refractivity contribution in [3.05, 3.63) is 57.4 Å². The Morgan fingerprint density at radius 1 is 1.05 bits per heavy atom. The van der Waals surface area contributed by atoms with Crippen molar-refractivity contribution in [2.45, 2.75) is 97.9 Å². The van der Waals surface area contributed by atoms with Crippen LogP contribution in [-0.2, 0) is 22.7 Å². The molecule has 0 saturated heterocycles. The summed E-state index contributed by atoms with van der Waals surface area (Å²) < 4.78 is 9.71. The SMILES string of the molecule is Cc1nn([C@H]2CC[C@H](c3nnc4n3-c3ccc(Cl)cc3CN(OC(=O)OC(C)(C)C)C4)CC2)c(C)c1C. The topological polar surface area (TPSA) is 87.3 Å². The number of hydroxylamine groups is 2. The highest BCUT2D eigenvalue weighted by atomic mass is 35.5. The molecule has 1 fully saturated rings. The van der Waals surface area contributed by atoms with Gasteiger partial charge in [0.15, 0.2) is 5.82 Å². The summed E-state index contributed by atoms with van der Waals surface area (Å²) in [5, 5.41) is 16.2. The summed E-state index contributed by atoms with van der Waals surface area (Å²) in [5.41, 5.74) is 4.89. The zero-order chi connectivity index (χ0) is 26.5. The highest BCUT2D eigenvalue weighted by Gasteiger charge is 2.33. The Bertz CT molecular complexity index is 1320. The van der Waals surface area contributed by atoms with Gasteiger partial charge in [0.1, 0.15) is 11.4 Å². The number of aryl methyl sites for hydroxylation is 1. The lowest BCUT2D eigenvalue weighted by molar-refractivity contribution is -0.155. The fraction of sp³-hybridized carbons (Fsp3) is 0.556. The second kappa shape index (κ2) is 9.76. The number of halogens is 1. The molecule has 0 N–H and O–H groups in total. The normalized spacial score (nSPS) is 20.2. The van der Waals surface area contributed by atoms with Gasteiger partial charge in [-0.1, -0.05) is 11.6 Å². The lowest BCUT2D eigenvalue weighted by Crippen LogP contribution is -2.31. The summed E-state index contributed by atoms with van der Waals surface area (Å²) in [4.78, 5) is 18.0. The average Bonchev–Trinajstić information content (AvgIpc) is 3.29. The predicted molar refractivity (Wildman–Crippen MR) is 140 cm³/mol. The van der Waals surface area contributed by atoms with E-state index < -0.39 is 11.8 Å². The van der Waals surface area contributed by atoms with Crippen molar-refractivity contribution in [3.8, 4) is 5.69 Å². The standard InChI is InChI=1S/C27H35ClN6O3/c1-16-17(2)31-34(18(16)3)22-10-7-19(8-11-22)25-30-29-24-15-32(37-26(35)36-27(4,5)6)14-20-13-21(28)9-12-23(20)33(24)25/h9,12-13,19,22H,7-8,10-11,14-15H2,1-6H3/t19-,22-. The van der Waals surface area contributed by atoms with Crippen LogP contribution >= 0.6 is 11.6 Å². The summed E-state index contributed by atoms with van der Waals surface area (Å²) in [5.74, 6) is 1.94. The number of rotatable bonds is 3. The molecule has 0 amide bonds. The van der Waals surface area contributed by atoms with E-state index in [1.54, 1.807) is 25.8 Å². The van der Waals surface area contributed by atoms with Crippen LogP contribution in [0.25, 0.3) is 5.69 Å². The summed E-state index contributed by atoms with van der Waals surface area (Å²) in [7, 11) is 0. The second-order valence-electron chi connectivity index (χ2n) is 11.2. The lowest BCUT2D eigenvalue weighted by Gasteiger charge is -2.29. The van der Waals surface area contributed by atoms with Gasteiger partial charge < -0.3 is 9.57 Å². The van der Waals surface area contributed by atoms with Crippen molar-refractivity contribution in [2.75, 3.05) is 0 Å². The summed E-state index contributed by atoms with van der Waals surface area (Å²) >= 11 is 6.36. The third-order valence-electron chi connectivity index (χ3n) is 7.39. The number of ether oxygens (including phenoxy) is 1. The number of carbonyl (C=O) groups excluding carboxylic acids is 1. The van der Waals surface area contributed by atoms with Crippen LogP contribution in [0.4, 0.5) is 4.79 Å². The zero-order valence-corrected chi connectivity index (χ0v) is 23.2. The number of carbonyl (C=O) groups is 1. The average molecular weight is 527 g/mol. The molecule has 3 aromatic rings. The maximum atomic E-state index is 12.4. The number of nitrogens with zero attached hydrogens (tertiary/aromatic N) is 6. The van der Waals surface area contributed by atoms with Gasteiger partial charge in [-0.3, -0.25) is 9.25 Å². The van der Waals surface area contributed by atoms with Gasteiger partial charge in [0, 0.05) is 16.6 Å². The Kier molecular flexibility index (Phi) is 6.79. The van der Waals surface area contributed by atoms with Crippen molar-refractivity contribution in [2.24, 2.45) is 0 Å². The Hall–Kier alpha value is -2.91. The van der Waals surface area contributed by atoms with Crippen molar-refractivity contribution < 1.29 is 14.4 Å². The third-order valence-corrected chi connectivity index (χ3v) is 7.62. The highest BCUT2D eigenvalue weighted by molar-refractivity contribution is 6.30. The molecule has 1 aromatic carbocycles. The van der Waals surface area contributed by atoms with Crippen LogP contribution in [0.5, 0.6) is 0 Å². The maximum absolute atomic E-state index is 12.4. The summed E-state index contributed by atoms with van der Waals surface area (Å²) in [6.07, 6.45) is 3.33. The highest BCUT2D eigenvalue weighted by Crippen LogP contribution is 2.40. The fourth-order valence-electron chi connectivity index (χ4n) is 5.38. The van der Waals surface area contributed by atoms with E-state index in [0.717, 1.165) is 54.3 Å². The molecule has 1 saturated carbocycles. The fourth-order valence-corrected chi connectivity index (χ4v) is 5.57. The van der Waals surface area contributed by atoms with Gasteiger partial charge in [0.2, 0.25) is 0 Å². The first-order valence-corrected chi connectivity index (χ1v) is 13.3. The van der Waals surface area contributed by atoms with E-state index in [-0.39, 0.29) is 5.92 Å². The van der Waals surface area contributed by atoms with E-state index in [1.165, 1.54) is 11.3 Å². The zero-order valence-electron chi connectivity index (χ0n) is 22.4. The van der Waals surface area contributed by atoms with Crippen molar-refractivity contribution >= 4 is 17.8 Å². The predicted octanol–water partition coefficient (Wildman–Crippen LogP) is 6.12. The van der Waals surface area contributed by atoms with Crippen LogP contribution in [0.1, 0.15) is 92.6 Å². The van der Waals surface area contributed by atoms with Gasteiger partial charge in [-0.25, -0.2) is 4.79 Å². The molecule has 198 valence electrons. The molecule has 2 aromatic heterocycles. The number of benzene rings is 1. The van der Waals surface area contributed by atoms with Crippen molar-refractivity contribution in [1.29, 1.82) is 0 Å². The maximum Gasteiger partial charge on any atom is 0.528 e. The molecule has 5 rings (SSSR count). The number of hydrogen-bond acceptors (Lipinski definition) is 7. The van der Waals surface area contributed by atoms with Crippen LogP contribution in [0.15, 0.2) is 18.2 Å². The van der Waals surface area contributed by atoms with Crippen molar-refractivity contribution in [1.82, 2.24) is 29.6 Å². The second-order valence-corrected chi connectivity index (χ2v) is 11.6. The molecular weight excluding hydrogens is 492 g/mol. The Balaban J connectivity index is 1.40. The Labute approximate surface area is 222 Å². The Morgan fingerprint density at radius 2 is 1.78 bits per heavy atom. The van der Waals surface area contributed by atoms with E-state index in [0.29, 0.717) is 24.2 Å². The molecule has 2 aliphatic rings. The first-order chi connectivity index (χ1) is 17.5. The van der Waals surface area contributed by atoms with Gasteiger partial charge >= 0.3 is 6.16 Å². The van der Waals surface area contributed by atoms with Crippen molar-refractivity contribution in [3.63, 3.8) is 0 Å². The van der Waals surface area contributed by atoms with Gasteiger partial charge in [0.05, 0.1) is 30.5 Å². The van der Waals surface area contributed by atoms with Gasteiger partial charge in [-0.15, -0.1) is 15.3 Å². The molecule has 1 aliphatic carbocycles. The molecule has 0 radical (unpaired) electrons. The first-order valence-electron chi connectivity index (χ1n) is 12.9. The van der Waals surface area contributed by atoms with E-state index in [4.69, 9.17) is 26.3 Å². The summed E-state index contributed by atoms with van der Waals surface area (Å²) in [6.45, 7) is 12.5. The molecule has 0 unspecified atom stereocenters. The minimum atomic E-state index is -0.748. The minimum absolute atomic E-state index is 0.275. The van der Waals surface area contributed by atoms with Crippen LogP contribution in [0.2, 0.25) is 5.02 Å². The molecule has 10 heteroatoms. The minimum Gasteiger partial charge on any atom is -0.427 e. The van der Waals surface area contributed by atoms with E-state index in [2.05, 4.69) is 40.2 Å². The van der Waals surface area contributed by atoms with Crippen LogP contribution in [0, 0.1) is 20.8 Å². The lowest BCUT2D eigenvalue weighted by atomic mass is 9.85.